The maximum Gasteiger partial charge on any atom is 0.171 e. The Morgan fingerprint density at radius 3 is 2.67 bits per heavy atom. The molecule has 2 aromatic rings. The molecule has 0 bridgehead atoms. The Balaban J connectivity index is 1.67. The van der Waals surface area contributed by atoms with Crippen molar-refractivity contribution in [1.29, 1.82) is 0 Å². The number of fused-ring (bicyclic) bond motifs is 1. The van der Waals surface area contributed by atoms with E-state index in [2.05, 4.69) is 66.1 Å². The summed E-state index contributed by atoms with van der Waals surface area (Å²) in [6.45, 7) is 2.08. The van der Waals surface area contributed by atoms with Gasteiger partial charge in [-0.3, -0.25) is 0 Å². The van der Waals surface area contributed by atoms with Crippen molar-refractivity contribution in [2.75, 3.05) is 5.32 Å². The summed E-state index contributed by atoms with van der Waals surface area (Å²) >= 11 is 5.46. The summed E-state index contributed by atoms with van der Waals surface area (Å²) in [6.07, 6.45) is 3.51. The lowest BCUT2D eigenvalue weighted by molar-refractivity contribution is 0.529. The van der Waals surface area contributed by atoms with Gasteiger partial charge in [-0.05, 0) is 61.7 Å². The van der Waals surface area contributed by atoms with Crippen LogP contribution in [-0.2, 0) is 6.42 Å². The van der Waals surface area contributed by atoms with E-state index >= 15 is 0 Å². The van der Waals surface area contributed by atoms with Crippen molar-refractivity contribution in [3.63, 3.8) is 0 Å². The number of rotatable bonds is 2. The predicted molar refractivity (Wildman–Crippen MR) is 92.7 cm³/mol. The first-order chi connectivity index (χ1) is 10.2. The molecule has 3 rings (SSSR count). The maximum atomic E-state index is 5.46. The molecular formula is C18H20N2S. The van der Waals surface area contributed by atoms with E-state index in [1.807, 2.05) is 0 Å². The van der Waals surface area contributed by atoms with Crippen molar-refractivity contribution in [1.82, 2.24) is 5.32 Å². The van der Waals surface area contributed by atoms with E-state index in [0.29, 0.717) is 11.2 Å². The third-order valence-corrected chi connectivity index (χ3v) is 4.20. The highest BCUT2D eigenvalue weighted by atomic mass is 32.1. The highest BCUT2D eigenvalue weighted by Crippen LogP contribution is 2.29. The minimum atomic E-state index is 0.320. The van der Waals surface area contributed by atoms with Crippen LogP contribution in [0.3, 0.4) is 0 Å². The lowest BCUT2D eigenvalue weighted by Gasteiger charge is -2.27. The topological polar surface area (TPSA) is 24.1 Å². The second kappa shape index (κ2) is 6.27. The van der Waals surface area contributed by atoms with Gasteiger partial charge in [-0.25, -0.2) is 0 Å². The Labute approximate surface area is 131 Å². The minimum absolute atomic E-state index is 0.320. The van der Waals surface area contributed by atoms with Crippen LogP contribution in [0.15, 0.2) is 48.5 Å². The Morgan fingerprint density at radius 1 is 1.10 bits per heavy atom. The molecule has 21 heavy (non-hydrogen) atoms. The molecule has 0 unspecified atom stereocenters. The molecule has 3 heteroatoms. The summed E-state index contributed by atoms with van der Waals surface area (Å²) < 4.78 is 0. The number of hydrogen-bond donors (Lipinski definition) is 2. The SMILES string of the molecule is Cc1ccc(NC(=S)N[C@@H]2CCCc3ccccc32)cc1. The van der Waals surface area contributed by atoms with Gasteiger partial charge in [0, 0.05) is 5.69 Å². The van der Waals surface area contributed by atoms with Crippen LogP contribution >= 0.6 is 12.2 Å². The molecule has 0 saturated carbocycles. The van der Waals surface area contributed by atoms with Gasteiger partial charge in [-0.1, -0.05) is 42.0 Å². The second-order valence-electron chi connectivity index (χ2n) is 5.61. The summed E-state index contributed by atoms with van der Waals surface area (Å²) in [4.78, 5) is 0. The molecular weight excluding hydrogens is 276 g/mol. The van der Waals surface area contributed by atoms with Crippen LogP contribution in [0.5, 0.6) is 0 Å². The fraction of sp³-hybridized carbons (Fsp3) is 0.278. The average Bonchev–Trinajstić information content (AvgIpc) is 2.50. The maximum absolute atomic E-state index is 5.46. The van der Waals surface area contributed by atoms with Gasteiger partial charge in [0.15, 0.2) is 5.11 Å². The van der Waals surface area contributed by atoms with Gasteiger partial charge < -0.3 is 10.6 Å². The van der Waals surface area contributed by atoms with Crippen molar-refractivity contribution in [3.05, 3.63) is 65.2 Å². The molecule has 0 aliphatic heterocycles. The van der Waals surface area contributed by atoms with E-state index < -0.39 is 0 Å². The predicted octanol–water partition coefficient (Wildman–Crippen LogP) is 4.36. The molecule has 1 aliphatic carbocycles. The van der Waals surface area contributed by atoms with Crippen molar-refractivity contribution in [2.24, 2.45) is 0 Å². The summed E-state index contributed by atoms with van der Waals surface area (Å²) in [6, 6.07) is 17.2. The van der Waals surface area contributed by atoms with Gasteiger partial charge in [0.1, 0.15) is 0 Å². The molecule has 1 atom stereocenters. The third-order valence-electron chi connectivity index (χ3n) is 3.98. The van der Waals surface area contributed by atoms with E-state index in [4.69, 9.17) is 12.2 Å². The van der Waals surface area contributed by atoms with Crippen LogP contribution in [-0.4, -0.2) is 5.11 Å². The Hall–Kier alpha value is -1.87. The van der Waals surface area contributed by atoms with E-state index in [0.717, 1.165) is 12.1 Å². The zero-order valence-electron chi connectivity index (χ0n) is 12.2. The molecule has 108 valence electrons. The van der Waals surface area contributed by atoms with Crippen LogP contribution in [0.1, 0.15) is 35.6 Å². The molecule has 0 spiro atoms. The first-order valence-corrected chi connectivity index (χ1v) is 7.85. The standard InChI is InChI=1S/C18H20N2S/c1-13-9-11-15(12-10-13)19-18(21)20-17-8-4-6-14-5-2-3-7-16(14)17/h2-3,5,7,9-12,17H,4,6,8H2,1H3,(H2,19,20,21)/t17-/m1/s1. The van der Waals surface area contributed by atoms with E-state index in [1.54, 1.807) is 0 Å². The summed E-state index contributed by atoms with van der Waals surface area (Å²) in [5.41, 5.74) is 5.11. The van der Waals surface area contributed by atoms with E-state index in [1.165, 1.54) is 29.5 Å². The molecule has 2 aromatic carbocycles. The number of hydrogen-bond acceptors (Lipinski definition) is 1. The molecule has 0 radical (unpaired) electrons. The Bertz CT molecular complexity index is 634. The van der Waals surface area contributed by atoms with Crippen LogP contribution in [0, 0.1) is 6.92 Å². The Kier molecular flexibility index (Phi) is 4.20. The smallest absolute Gasteiger partial charge is 0.171 e. The second-order valence-corrected chi connectivity index (χ2v) is 6.02. The van der Waals surface area contributed by atoms with Gasteiger partial charge in [-0.2, -0.15) is 0 Å². The first kappa shape index (κ1) is 14.1. The fourth-order valence-electron chi connectivity index (χ4n) is 2.87. The zero-order chi connectivity index (χ0) is 14.7. The number of aryl methyl sites for hydroxylation is 2. The van der Waals surface area contributed by atoms with Crippen LogP contribution < -0.4 is 10.6 Å². The van der Waals surface area contributed by atoms with Gasteiger partial charge in [-0.15, -0.1) is 0 Å². The monoisotopic (exact) mass is 296 g/mol. The van der Waals surface area contributed by atoms with Crippen LogP contribution in [0.2, 0.25) is 0 Å². The molecule has 0 fully saturated rings. The first-order valence-electron chi connectivity index (χ1n) is 7.44. The largest absolute Gasteiger partial charge is 0.356 e. The third kappa shape index (κ3) is 3.42. The van der Waals surface area contributed by atoms with Crippen molar-refractivity contribution < 1.29 is 0 Å². The van der Waals surface area contributed by atoms with Crippen LogP contribution in [0.4, 0.5) is 5.69 Å². The Morgan fingerprint density at radius 2 is 1.86 bits per heavy atom. The molecule has 0 amide bonds. The fourth-order valence-corrected chi connectivity index (χ4v) is 3.13. The van der Waals surface area contributed by atoms with Gasteiger partial charge >= 0.3 is 0 Å². The van der Waals surface area contributed by atoms with Crippen LogP contribution in [0.25, 0.3) is 0 Å². The van der Waals surface area contributed by atoms with Gasteiger partial charge in [0.05, 0.1) is 6.04 Å². The highest BCUT2D eigenvalue weighted by molar-refractivity contribution is 7.80. The number of thiocarbonyl (C=S) groups is 1. The lowest BCUT2D eigenvalue weighted by atomic mass is 9.88. The number of nitrogens with one attached hydrogen (secondary N) is 2. The summed E-state index contributed by atoms with van der Waals surface area (Å²) in [7, 11) is 0. The van der Waals surface area contributed by atoms with Gasteiger partial charge in [0.2, 0.25) is 0 Å². The van der Waals surface area contributed by atoms with Gasteiger partial charge in [0.25, 0.3) is 0 Å². The molecule has 0 saturated heterocycles. The molecule has 2 nitrogen and oxygen atoms in total. The normalized spacial score (nSPS) is 16.9. The van der Waals surface area contributed by atoms with Crippen molar-refractivity contribution >= 4 is 23.0 Å². The lowest BCUT2D eigenvalue weighted by Crippen LogP contribution is -2.34. The molecule has 1 aliphatic rings. The average molecular weight is 296 g/mol. The number of anilines is 1. The summed E-state index contributed by atoms with van der Waals surface area (Å²) in [5, 5.41) is 7.42. The molecule has 0 aromatic heterocycles. The zero-order valence-corrected chi connectivity index (χ0v) is 13.0. The quantitative estimate of drug-likeness (QED) is 0.805. The van der Waals surface area contributed by atoms with Crippen molar-refractivity contribution in [2.45, 2.75) is 32.2 Å². The molecule has 2 N–H and O–H groups in total. The minimum Gasteiger partial charge on any atom is -0.356 e. The van der Waals surface area contributed by atoms with E-state index in [9.17, 15) is 0 Å². The summed E-state index contributed by atoms with van der Waals surface area (Å²) in [5.74, 6) is 0. The number of benzene rings is 2. The molecule has 0 heterocycles. The highest BCUT2D eigenvalue weighted by Gasteiger charge is 2.20. The van der Waals surface area contributed by atoms with E-state index in [-0.39, 0.29) is 0 Å². The van der Waals surface area contributed by atoms with Crippen molar-refractivity contribution in [3.8, 4) is 0 Å².